The minimum atomic E-state index is -1.55. The van der Waals surface area contributed by atoms with Gasteiger partial charge in [-0.1, -0.05) is 36.4 Å². The normalized spacial score (nSPS) is 19.3. The summed E-state index contributed by atoms with van der Waals surface area (Å²) in [5.74, 6) is 0.210. The van der Waals surface area contributed by atoms with Crippen LogP contribution in [0, 0.1) is 6.92 Å². The van der Waals surface area contributed by atoms with E-state index >= 15 is 0 Å². The van der Waals surface area contributed by atoms with Crippen LogP contribution >= 0.6 is 0 Å². The van der Waals surface area contributed by atoms with Crippen LogP contribution in [0.25, 0.3) is 11.3 Å². The maximum Gasteiger partial charge on any atom is 0.322 e. The highest BCUT2D eigenvalue weighted by molar-refractivity contribution is 6.08. The van der Waals surface area contributed by atoms with E-state index in [1.54, 1.807) is 25.1 Å². The maximum absolute atomic E-state index is 13.2. The molecule has 0 unspecified atom stereocenters. The summed E-state index contributed by atoms with van der Waals surface area (Å²) in [6.07, 6.45) is 0. The number of methoxy groups -OCH3 is 1. The average Bonchev–Trinajstić information content (AvgIpc) is 3.28. The Morgan fingerprint density at radius 1 is 1.06 bits per heavy atom. The van der Waals surface area contributed by atoms with E-state index in [4.69, 9.17) is 4.74 Å². The van der Waals surface area contributed by atoms with Gasteiger partial charge in [0.1, 0.15) is 11.6 Å². The maximum atomic E-state index is 13.2. The second-order valence-electron chi connectivity index (χ2n) is 8.05. The Bertz CT molecular complexity index is 1290. The van der Waals surface area contributed by atoms with E-state index in [1.165, 1.54) is 12.0 Å². The zero-order valence-electron chi connectivity index (χ0n) is 18.1. The van der Waals surface area contributed by atoms with Gasteiger partial charge in [-0.2, -0.15) is 0 Å². The van der Waals surface area contributed by atoms with Crippen LogP contribution in [0.1, 0.15) is 27.4 Å². The summed E-state index contributed by atoms with van der Waals surface area (Å²) in [5, 5.41) is 5.03. The van der Waals surface area contributed by atoms with Gasteiger partial charge in [0.25, 0.3) is 11.8 Å². The molecule has 2 aliphatic heterocycles. The molecule has 1 fully saturated rings. The molecule has 9 heteroatoms. The van der Waals surface area contributed by atoms with Crippen molar-refractivity contribution >= 4 is 17.8 Å². The zero-order valence-corrected chi connectivity index (χ0v) is 18.1. The monoisotopic (exact) mass is 443 g/mol. The summed E-state index contributed by atoms with van der Waals surface area (Å²) in [7, 11) is 1.54. The summed E-state index contributed by atoms with van der Waals surface area (Å²) in [4.78, 5) is 49.0. The van der Waals surface area contributed by atoms with Crippen LogP contribution in [-0.4, -0.2) is 46.4 Å². The van der Waals surface area contributed by atoms with Gasteiger partial charge < -0.3 is 15.0 Å². The first kappa shape index (κ1) is 20.6. The molecular weight excluding hydrogens is 422 g/mol. The van der Waals surface area contributed by atoms with Crippen LogP contribution in [0.5, 0.6) is 5.75 Å². The number of fused-ring (bicyclic) bond motifs is 1. The lowest BCUT2D eigenvalue weighted by Gasteiger charge is -2.30. The van der Waals surface area contributed by atoms with Crippen molar-refractivity contribution in [2.75, 3.05) is 13.7 Å². The number of carbonyl (C=O) groups excluding carboxylic acids is 3. The van der Waals surface area contributed by atoms with Crippen molar-refractivity contribution in [3.8, 4) is 17.0 Å². The van der Waals surface area contributed by atoms with Gasteiger partial charge in [-0.05, 0) is 30.7 Å². The molecule has 3 heterocycles. The van der Waals surface area contributed by atoms with E-state index < -0.39 is 17.5 Å². The van der Waals surface area contributed by atoms with E-state index in [0.29, 0.717) is 35.1 Å². The minimum Gasteiger partial charge on any atom is -0.497 e. The predicted octanol–water partition coefficient (Wildman–Crippen LogP) is 2.15. The quantitative estimate of drug-likeness (QED) is 0.584. The minimum absolute atomic E-state index is 0.0783. The Hall–Kier alpha value is -4.27. The first-order valence-corrected chi connectivity index (χ1v) is 10.4. The second kappa shape index (κ2) is 7.70. The van der Waals surface area contributed by atoms with Crippen molar-refractivity contribution in [1.82, 2.24) is 25.5 Å². The number of urea groups is 1. The largest absolute Gasteiger partial charge is 0.497 e. The number of nitrogens with one attached hydrogen (secondary N) is 2. The Morgan fingerprint density at radius 2 is 1.85 bits per heavy atom. The molecule has 1 saturated heterocycles. The van der Waals surface area contributed by atoms with Crippen molar-refractivity contribution in [2.24, 2.45) is 0 Å². The molecule has 3 aromatic rings. The molecule has 0 bridgehead atoms. The van der Waals surface area contributed by atoms with Crippen LogP contribution in [0.4, 0.5) is 4.79 Å². The highest BCUT2D eigenvalue weighted by atomic mass is 16.5. The number of ether oxygens (including phenoxy) is 1. The van der Waals surface area contributed by atoms with E-state index in [2.05, 4.69) is 20.6 Å². The highest BCUT2D eigenvalue weighted by Gasteiger charge is 2.52. The third-order valence-electron chi connectivity index (χ3n) is 5.91. The van der Waals surface area contributed by atoms with Crippen LogP contribution in [-0.2, 0) is 16.9 Å². The molecule has 9 nitrogen and oxygen atoms in total. The lowest BCUT2D eigenvalue weighted by atomic mass is 9.92. The van der Waals surface area contributed by atoms with Gasteiger partial charge in [0.15, 0.2) is 5.54 Å². The van der Waals surface area contributed by atoms with Gasteiger partial charge in [0.2, 0.25) is 0 Å². The molecule has 1 aromatic heterocycles. The third-order valence-corrected chi connectivity index (χ3v) is 5.91. The van der Waals surface area contributed by atoms with Crippen LogP contribution in [0.3, 0.4) is 0 Å². The molecule has 0 aliphatic carbocycles. The van der Waals surface area contributed by atoms with Crippen molar-refractivity contribution in [3.63, 3.8) is 0 Å². The molecule has 166 valence electrons. The number of carbonyl (C=O) groups is 3. The van der Waals surface area contributed by atoms with Crippen LogP contribution < -0.4 is 15.4 Å². The molecule has 33 heavy (non-hydrogen) atoms. The van der Waals surface area contributed by atoms with Crippen LogP contribution in [0.2, 0.25) is 0 Å². The molecule has 2 aromatic carbocycles. The zero-order chi connectivity index (χ0) is 23.2. The fraction of sp³-hybridized carbons (Fsp3) is 0.208. The highest BCUT2D eigenvalue weighted by Crippen LogP contribution is 2.33. The van der Waals surface area contributed by atoms with Crippen molar-refractivity contribution in [2.45, 2.75) is 19.0 Å². The molecular formula is C24H21N5O4. The standard InChI is InChI=1S/C24H21N5O4/c1-14-25-19(15-6-4-3-5-7-15)11-20(26-14)24(22(31)27-23(32)28-24)13-29-12-16-8-9-17(33-2)10-18(16)21(29)30/h3-11H,12-13H2,1-2H3,(H2,27,28,31,32)/t24-/m0/s1. The van der Waals surface area contributed by atoms with Gasteiger partial charge in [0, 0.05) is 17.7 Å². The summed E-state index contributed by atoms with van der Waals surface area (Å²) in [6.45, 7) is 1.95. The fourth-order valence-corrected chi connectivity index (χ4v) is 4.29. The average molecular weight is 443 g/mol. The number of hydrogen-bond donors (Lipinski definition) is 2. The number of hydrogen-bond acceptors (Lipinski definition) is 6. The van der Waals surface area contributed by atoms with Gasteiger partial charge in [-0.3, -0.25) is 14.9 Å². The topological polar surface area (TPSA) is 114 Å². The number of nitrogens with zero attached hydrogens (tertiary/aromatic N) is 3. The molecule has 0 spiro atoms. The third kappa shape index (κ3) is 3.47. The number of aromatic nitrogens is 2. The Kier molecular flexibility index (Phi) is 4.81. The Balaban J connectivity index is 1.56. The van der Waals surface area contributed by atoms with E-state index in [0.717, 1.165) is 11.1 Å². The smallest absolute Gasteiger partial charge is 0.322 e. The SMILES string of the molecule is COc1ccc2c(c1)C(=O)N(C[C@@]1(c3cc(-c4ccccc4)nc(C)n3)NC(=O)NC1=O)C2. The van der Waals surface area contributed by atoms with Gasteiger partial charge >= 0.3 is 6.03 Å². The summed E-state index contributed by atoms with van der Waals surface area (Å²) < 4.78 is 5.24. The summed E-state index contributed by atoms with van der Waals surface area (Å²) in [6, 6.07) is 15.8. The molecule has 2 N–H and O–H groups in total. The lowest BCUT2D eigenvalue weighted by molar-refractivity contribution is -0.125. The number of benzene rings is 2. The first-order valence-electron chi connectivity index (χ1n) is 10.4. The van der Waals surface area contributed by atoms with Crippen LogP contribution in [0.15, 0.2) is 54.6 Å². The van der Waals surface area contributed by atoms with Gasteiger partial charge in [-0.15, -0.1) is 0 Å². The molecule has 0 saturated carbocycles. The predicted molar refractivity (Wildman–Crippen MR) is 118 cm³/mol. The number of amides is 4. The van der Waals surface area contributed by atoms with Gasteiger partial charge in [0.05, 0.1) is 25.0 Å². The molecule has 5 rings (SSSR count). The molecule has 2 aliphatic rings. The second-order valence-corrected chi connectivity index (χ2v) is 8.05. The van der Waals surface area contributed by atoms with E-state index in [1.807, 2.05) is 36.4 Å². The summed E-state index contributed by atoms with van der Waals surface area (Å²) in [5.41, 5.74) is 1.57. The first-order chi connectivity index (χ1) is 15.9. The number of imide groups is 1. The molecule has 1 atom stereocenters. The number of rotatable bonds is 5. The Morgan fingerprint density at radius 3 is 2.55 bits per heavy atom. The Labute approximate surface area is 189 Å². The fourth-order valence-electron chi connectivity index (χ4n) is 4.29. The van der Waals surface area contributed by atoms with Crippen molar-refractivity contribution in [3.05, 3.63) is 77.2 Å². The van der Waals surface area contributed by atoms with Gasteiger partial charge in [-0.25, -0.2) is 14.8 Å². The van der Waals surface area contributed by atoms with Crippen molar-refractivity contribution in [1.29, 1.82) is 0 Å². The van der Waals surface area contributed by atoms with E-state index in [9.17, 15) is 14.4 Å². The molecule has 0 radical (unpaired) electrons. The van der Waals surface area contributed by atoms with Crippen molar-refractivity contribution < 1.29 is 19.1 Å². The molecule has 4 amide bonds. The number of aryl methyl sites for hydroxylation is 1. The van der Waals surface area contributed by atoms with E-state index in [-0.39, 0.29) is 12.5 Å². The summed E-state index contributed by atoms with van der Waals surface area (Å²) >= 11 is 0. The lowest BCUT2D eigenvalue weighted by Crippen LogP contribution is -2.53.